The maximum Gasteiger partial charge on any atom is 0.227 e. The van der Waals surface area contributed by atoms with Crippen molar-refractivity contribution < 1.29 is 13.2 Å². The highest BCUT2D eigenvalue weighted by Gasteiger charge is 2.33. The number of imidazole rings is 1. The molecule has 1 saturated carbocycles. The lowest BCUT2D eigenvalue weighted by atomic mass is 10.2. The molecular formula is C19H31N3O3S. The fraction of sp³-hybridized carbons (Fsp3) is 0.737. The maximum atomic E-state index is 12.9. The average Bonchev–Trinajstić information content (AvgIpc) is 3.07. The minimum Gasteiger partial charge on any atom is -0.376 e. The van der Waals surface area contributed by atoms with Crippen molar-refractivity contribution in [2.45, 2.75) is 63.9 Å². The molecule has 0 amide bonds. The molecule has 1 aliphatic carbocycles. The number of rotatable bonds is 10. The number of aromatic nitrogens is 2. The van der Waals surface area contributed by atoms with Gasteiger partial charge in [0.1, 0.15) is 0 Å². The lowest BCUT2D eigenvalue weighted by Gasteiger charge is -2.22. The predicted octanol–water partition coefficient (Wildman–Crippen LogP) is 2.64. The Morgan fingerprint density at radius 1 is 1.42 bits per heavy atom. The van der Waals surface area contributed by atoms with E-state index in [4.69, 9.17) is 4.74 Å². The van der Waals surface area contributed by atoms with Crippen molar-refractivity contribution in [2.75, 3.05) is 25.4 Å². The van der Waals surface area contributed by atoms with Gasteiger partial charge in [-0.2, -0.15) is 0 Å². The van der Waals surface area contributed by atoms with Gasteiger partial charge >= 0.3 is 0 Å². The molecule has 3 rings (SSSR count). The van der Waals surface area contributed by atoms with Gasteiger partial charge < -0.3 is 9.30 Å². The molecule has 0 aromatic carbocycles. The normalized spacial score (nSPS) is 20.8. The van der Waals surface area contributed by atoms with Gasteiger partial charge in [0.2, 0.25) is 15.0 Å². The largest absolute Gasteiger partial charge is 0.376 e. The van der Waals surface area contributed by atoms with E-state index in [9.17, 15) is 8.42 Å². The number of likely N-dealkylation sites (N-methyl/N-ethyl adjacent to an activating group) is 1. The molecule has 6 nitrogen and oxygen atoms in total. The van der Waals surface area contributed by atoms with Crippen molar-refractivity contribution in [1.29, 1.82) is 0 Å². The molecule has 1 aromatic rings. The van der Waals surface area contributed by atoms with Crippen LogP contribution in [0.1, 0.15) is 45.2 Å². The summed E-state index contributed by atoms with van der Waals surface area (Å²) in [6, 6.07) is 0. The Balaban J connectivity index is 1.86. The van der Waals surface area contributed by atoms with Gasteiger partial charge in [0.25, 0.3) is 0 Å². The lowest BCUT2D eigenvalue weighted by Crippen LogP contribution is -2.28. The third-order valence-electron chi connectivity index (χ3n) is 5.07. The zero-order valence-corrected chi connectivity index (χ0v) is 16.8. The second-order valence-electron chi connectivity index (χ2n) is 7.76. The van der Waals surface area contributed by atoms with Crippen molar-refractivity contribution in [3.8, 4) is 0 Å². The van der Waals surface area contributed by atoms with Crippen LogP contribution in [0.4, 0.5) is 0 Å². The van der Waals surface area contributed by atoms with Crippen LogP contribution in [0.25, 0.3) is 0 Å². The summed E-state index contributed by atoms with van der Waals surface area (Å²) in [5.41, 5.74) is 2.04. The monoisotopic (exact) mass is 381 g/mol. The van der Waals surface area contributed by atoms with E-state index >= 15 is 0 Å². The summed E-state index contributed by atoms with van der Waals surface area (Å²) in [6.45, 7) is 11.8. The van der Waals surface area contributed by atoms with Crippen LogP contribution in [0.3, 0.4) is 0 Å². The first-order chi connectivity index (χ1) is 12.4. The molecule has 146 valence electrons. The van der Waals surface area contributed by atoms with E-state index in [1.165, 1.54) is 0 Å². The summed E-state index contributed by atoms with van der Waals surface area (Å²) in [7, 11) is -3.35. The summed E-state index contributed by atoms with van der Waals surface area (Å²) in [4.78, 5) is 6.60. The highest BCUT2D eigenvalue weighted by molar-refractivity contribution is 7.91. The van der Waals surface area contributed by atoms with Crippen LogP contribution in [0, 0.1) is 5.92 Å². The summed E-state index contributed by atoms with van der Waals surface area (Å²) in [6.07, 6.45) is 5.85. The summed E-state index contributed by atoms with van der Waals surface area (Å²) < 4.78 is 33.4. The minimum atomic E-state index is -3.35. The molecule has 0 N–H and O–H groups in total. The van der Waals surface area contributed by atoms with E-state index in [-0.39, 0.29) is 17.0 Å². The highest BCUT2D eigenvalue weighted by atomic mass is 32.2. The highest BCUT2D eigenvalue weighted by Crippen LogP contribution is 2.32. The van der Waals surface area contributed by atoms with Gasteiger partial charge in [0, 0.05) is 19.7 Å². The fourth-order valence-electron chi connectivity index (χ4n) is 3.51. The second kappa shape index (κ2) is 8.23. The summed E-state index contributed by atoms with van der Waals surface area (Å²) in [5, 5.41) is 0.223. The Bertz CT molecular complexity index is 731. The molecule has 2 fully saturated rings. The van der Waals surface area contributed by atoms with Gasteiger partial charge in [-0.3, -0.25) is 4.90 Å². The average molecular weight is 382 g/mol. The Morgan fingerprint density at radius 2 is 2.19 bits per heavy atom. The fourth-order valence-corrected chi connectivity index (χ4v) is 5.36. The first-order valence-electron chi connectivity index (χ1n) is 9.64. The van der Waals surface area contributed by atoms with Crippen molar-refractivity contribution in [2.24, 2.45) is 5.92 Å². The van der Waals surface area contributed by atoms with Crippen molar-refractivity contribution in [3.63, 3.8) is 0 Å². The molecule has 1 unspecified atom stereocenters. The van der Waals surface area contributed by atoms with Crippen LogP contribution in [0.5, 0.6) is 0 Å². The van der Waals surface area contributed by atoms with Gasteiger partial charge in [0.05, 0.1) is 30.3 Å². The maximum absolute atomic E-state index is 12.9. The number of hydrogen-bond acceptors (Lipinski definition) is 5. The Kier molecular flexibility index (Phi) is 6.20. The second-order valence-corrected chi connectivity index (χ2v) is 9.69. The van der Waals surface area contributed by atoms with E-state index in [2.05, 4.69) is 23.4 Å². The molecular weight excluding hydrogens is 350 g/mol. The third-order valence-corrected chi connectivity index (χ3v) is 6.86. The molecule has 1 aliphatic heterocycles. The van der Waals surface area contributed by atoms with Gasteiger partial charge in [-0.15, -0.1) is 0 Å². The van der Waals surface area contributed by atoms with Crippen LogP contribution >= 0.6 is 0 Å². The van der Waals surface area contributed by atoms with Crippen molar-refractivity contribution in [3.05, 3.63) is 24.0 Å². The molecule has 0 bridgehead atoms. The zero-order chi connectivity index (χ0) is 18.7. The van der Waals surface area contributed by atoms with Crippen molar-refractivity contribution in [1.82, 2.24) is 14.5 Å². The van der Waals surface area contributed by atoms with Crippen LogP contribution in [0.15, 0.2) is 23.5 Å². The number of hydrogen-bond donors (Lipinski definition) is 0. The number of nitrogens with zero attached hydrogens (tertiary/aromatic N) is 3. The Morgan fingerprint density at radius 3 is 2.77 bits per heavy atom. The molecule has 1 saturated heterocycles. The van der Waals surface area contributed by atoms with E-state index in [0.717, 1.165) is 56.6 Å². The minimum absolute atomic E-state index is 0.0778. The number of sulfone groups is 1. The van der Waals surface area contributed by atoms with Crippen molar-refractivity contribution >= 4 is 9.84 Å². The zero-order valence-electron chi connectivity index (χ0n) is 16.0. The van der Waals surface area contributed by atoms with E-state index < -0.39 is 9.84 Å². The van der Waals surface area contributed by atoms with E-state index in [1.807, 2.05) is 11.5 Å². The predicted molar refractivity (Wildman–Crippen MR) is 102 cm³/mol. The Hall–Kier alpha value is -1.18. The smallest absolute Gasteiger partial charge is 0.227 e. The molecule has 1 aromatic heterocycles. The Labute approximate surface area is 157 Å². The van der Waals surface area contributed by atoms with E-state index in [0.29, 0.717) is 19.0 Å². The molecule has 2 heterocycles. The molecule has 7 heteroatoms. The quantitative estimate of drug-likeness (QED) is 0.583. The lowest BCUT2D eigenvalue weighted by molar-refractivity contribution is 0.0934. The first kappa shape index (κ1) is 19.6. The summed E-state index contributed by atoms with van der Waals surface area (Å²) >= 11 is 0. The van der Waals surface area contributed by atoms with Crippen LogP contribution in [-0.4, -0.2) is 54.4 Å². The molecule has 2 aliphatic rings. The standard InChI is InChI=1S/C19H31N3O3S/c1-4-21(11-15(2)3)12-17-10-20-19(26(23,24)14-16-7-8-16)22(17)13-18-6-5-9-25-18/h10,16,18H,2,4-9,11-14H2,1,3H3. The van der Waals surface area contributed by atoms with E-state index in [1.54, 1.807) is 6.20 Å². The van der Waals surface area contributed by atoms with Gasteiger partial charge in [-0.1, -0.05) is 19.1 Å². The van der Waals surface area contributed by atoms with Crippen LogP contribution in [-0.2, 0) is 27.7 Å². The first-order valence-corrected chi connectivity index (χ1v) is 11.3. The molecule has 1 atom stereocenters. The van der Waals surface area contributed by atoms with Gasteiger partial charge in [-0.25, -0.2) is 13.4 Å². The topological polar surface area (TPSA) is 64.4 Å². The number of ether oxygens (including phenoxy) is 1. The molecule has 0 radical (unpaired) electrons. The van der Waals surface area contributed by atoms with Gasteiger partial charge in [-0.05, 0) is 45.1 Å². The van der Waals surface area contributed by atoms with Crippen LogP contribution < -0.4 is 0 Å². The summed E-state index contributed by atoms with van der Waals surface area (Å²) in [5.74, 6) is 0.532. The van der Waals surface area contributed by atoms with Gasteiger partial charge in [0.15, 0.2) is 0 Å². The third kappa shape index (κ3) is 4.96. The van der Waals surface area contributed by atoms with Crippen LogP contribution in [0.2, 0.25) is 0 Å². The molecule has 0 spiro atoms. The molecule has 26 heavy (non-hydrogen) atoms. The SMILES string of the molecule is C=C(C)CN(CC)Cc1cnc(S(=O)(=O)CC2CC2)n1CC1CCCO1.